The number of Topliss-reactive ketones (excluding diaryl/α,β-unsaturated/α-hetero) is 1. The first-order chi connectivity index (χ1) is 18.6. The Kier molecular flexibility index (Phi) is 9.79. The molecule has 6 nitrogen and oxygen atoms in total. The molecule has 0 aliphatic carbocycles. The average Bonchev–Trinajstić information content (AvgIpc) is 2.95. The molecule has 0 saturated heterocycles. The minimum atomic E-state index is -1.28. The monoisotopic (exact) mass is 509 g/mol. The van der Waals surface area contributed by atoms with Crippen LogP contribution in [0.5, 0.6) is 11.5 Å². The van der Waals surface area contributed by atoms with E-state index in [0.717, 1.165) is 22.4 Å². The number of ether oxygens (including phenoxy) is 2. The number of aliphatic hydroxyl groups is 1. The molecule has 0 saturated carbocycles. The van der Waals surface area contributed by atoms with E-state index in [2.05, 4.69) is 5.32 Å². The van der Waals surface area contributed by atoms with Crippen LogP contribution < -0.4 is 10.1 Å². The number of aliphatic hydroxyl groups excluding tert-OH is 1. The standard InChI is InChI=1S/C32H31NO5/c34-30(20-25-16-18-28(19-17-25)38-27-14-8-3-9-15-27)29(23-37-22-26-12-6-2-7-13-26)33-32(36)31(35)21-24-10-4-1-5-11-24/h1-19,29,31,35H,20-23H2,(H,33,36)/t29?,31-/m1/s1. The summed E-state index contributed by atoms with van der Waals surface area (Å²) in [5.74, 6) is 0.563. The van der Waals surface area contributed by atoms with Crippen LogP contribution in [0.1, 0.15) is 16.7 Å². The van der Waals surface area contributed by atoms with Crippen LogP contribution in [0.2, 0.25) is 0 Å². The van der Waals surface area contributed by atoms with Crippen LogP contribution in [0.4, 0.5) is 0 Å². The Balaban J connectivity index is 1.38. The van der Waals surface area contributed by atoms with E-state index >= 15 is 0 Å². The van der Waals surface area contributed by atoms with Gasteiger partial charge in [-0.2, -0.15) is 0 Å². The Morgan fingerprint density at radius 1 is 0.684 bits per heavy atom. The molecule has 2 N–H and O–H groups in total. The van der Waals surface area contributed by atoms with Crippen LogP contribution in [-0.4, -0.2) is 35.5 Å². The molecule has 0 radical (unpaired) electrons. The molecule has 0 bridgehead atoms. The fourth-order valence-corrected chi connectivity index (χ4v) is 3.91. The van der Waals surface area contributed by atoms with Crippen molar-refractivity contribution in [3.63, 3.8) is 0 Å². The molecule has 0 aromatic heterocycles. The highest BCUT2D eigenvalue weighted by Crippen LogP contribution is 2.21. The molecule has 194 valence electrons. The minimum Gasteiger partial charge on any atom is -0.457 e. The van der Waals surface area contributed by atoms with Crippen LogP contribution >= 0.6 is 0 Å². The second kappa shape index (κ2) is 13.9. The van der Waals surface area contributed by atoms with E-state index in [1.54, 1.807) is 12.1 Å². The molecule has 38 heavy (non-hydrogen) atoms. The van der Waals surface area contributed by atoms with Crippen molar-refractivity contribution in [1.82, 2.24) is 5.32 Å². The Hall–Kier alpha value is -4.26. The van der Waals surface area contributed by atoms with E-state index in [1.165, 1.54) is 0 Å². The first-order valence-corrected chi connectivity index (χ1v) is 12.6. The van der Waals surface area contributed by atoms with Gasteiger partial charge in [0, 0.05) is 12.8 Å². The Morgan fingerprint density at radius 2 is 1.24 bits per heavy atom. The normalized spacial score (nSPS) is 12.3. The Morgan fingerprint density at radius 3 is 1.87 bits per heavy atom. The van der Waals surface area contributed by atoms with Gasteiger partial charge in [0.05, 0.1) is 13.2 Å². The van der Waals surface area contributed by atoms with E-state index in [1.807, 2.05) is 103 Å². The van der Waals surface area contributed by atoms with E-state index in [4.69, 9.17) is 9.47 Å². The second-order valence-corrected chi connectivity index (χ2v) is 8.97. The Bertz CT molecular complexity index is 1280. The summed E-state index contributed by atoms with van der Waals surface area (Å²) >= 11 is 0. The topological polar surface area (TPSA) is 84.9 Å². The molecule has 0 aliphatic heterocycles. The SMILES string of the molecule is O=C(Cc1ccc(Oc2ccccc2)cc1)C(COCc1ccccc1)NC(=O)[C@H](O)Cc1ccccc1. The number of hydrogen-bond donors (Lipinski definition) is 2. The molecule has 0 aliphatic rings. The highest BCUT2D eigenvalue weighted by molar-refractivity contribution is 5.91. The quantitative estimate of drug-likeness (QED) is 0.268. The predicted molar refractivity (Wildman–Crippen MR) is 146 cm³/mol. The summed E-state index contributed by atoms with van der Waals surface area (Å²) in [5.41, 5.74) is 2.57. The smallest absolute Gasteiger partial charge is 0.249 e. The third-order valence-corrected chi connectivity index (χ3v) is 5.96. The summed E-state index contributed by atoms with van der Waals surface area (Å²) in [6, 6.07) is 34.6. The molecular formula is C32H31NO5. The zero-order chi connectivity index (χ0) is 26.6. The maximum atomic E-state index is 13.2. The van der Waals surface area contributed by atoms with Gasteiger partial charge in [0.1, 0.15) is 23.6 Å². The first-order valence-electron chi connectivity index (χ1n) is 12.6. The fourth-order valence-electron chi connectivity index (χ4n) is 3.91. The number of benzene rings is 4. The van der Waals surface area contributed by atoms with Crippen molar-refractivity contribution in [2.45, 2.75) is 31.6 Å². The lowest BCUT2D eigenvalue weighted by atomic mass is 10.0. The number of hydrogen-bond acceptors (Lipinski definition) is 5. The minimum absolute atomic E-state index is 0.00722. The summed E-state index contributed by atoms with van der Waals surface area (Å²) in [6.07, 6.45) is -1.03. The van der Waals surface area contributed by atoms with E-state index < -0.39 is 18.1 Å². The van der Waals surface area contributed by atoms with Gasteiger partial charge in [0.25, 0.3) is 0 Å². The number of amides is 1. The highest BCUT2D eigenvalue weighted by atomic mass is 16.5. The van der Waals surface area contributed by atoms with Crippen LogP contribution in [0.3, 0.4) is 0 Å². The van der Waals surface area contributed by atoms with Crippen molar-refractivity contribution in [2.75, 3.05) is 6.61 Å². The van der Waals surface area contributed by atoms with E-state index in [9.17, 15) is 14.7 Å². The van der Waals surface area contributed by atoms with Crippen LogP contribution in [0, 0.1) is 0 Å². The van der Waals surface area contributed by atoms with Crippen LogP contribution in [0.15, 0.2) is 115 Å². The molecular weight excluding hydrogens is 478 g/mol. The number of rotatable bonds is 13. The molecule has 1 amide bonds. The van der Waals surface area contributed by atoms with Gasteiger partial charge in [-0.05, 0) is 41.0 Å². The van der Waals surface area contributed by atoms with Gasteiger partial charge in [-0.3, -0.25) is 9.59 Å². The zero-order valence-electron chi connectivity index (χ0n) is 21.0. The zero-order valence-corrected chi connectivity index (χ0v) is 21.0. The van der Waals surface area contributed by atoms with Crippen molar-refractivity contribution < 1.29 is 24.2 Å². The summed E-state index contributed by atoms with van der Waals surface area (Å²) < 4.78 is 11.6. The Labute approximate surface area is 222 Å². The lowest BCUT2D eigenvalue weighted by molar-refractivity contribution is -0.134. The summed E-state index contributed by atoms with van der Waals surface area (Å²) in [4.78, 5) is 26.0. The first kappa shape index (κ1) is 26.8. The molecule has 1 unspecified atom stereocenters. The predicted octanol–water partition coefficient (Wildman–Crippen LogP) is 4.90. The summed E-state index contributed by atoms with van der Waals surface area (Å²) in [7, 11) is 0. The third kappa shape index (κ3) is 8.40. The van der Waals surface area contributed by atoms with Crippen molar-refractivity contribution in [2.24, 2.45) is 0 Å². The molecule has 0 spiro atoms. The summed E-state index contributed by atoms with van der Waals surface area (Å²) in [5, 5.41) is 13.2. The van der Waals surface area contributed by atoms with Crippen LogP contribution in [0.25, 0.3) is 0 Å². The van der Waals surface area contributed by atoms with Gasteiger partial charge in [-0.15, -0.1) is 0 Å². The van der Waals surface area contributed by atoms with Gasteiger partial charge in [0.2, 0.25) is 5.91 Å². The largest absolute Gasteiger partial charge is 0.457 e. The van der Waals surface area contributed by atoms with Gasteiger partial charge in [-0.25, -0.2) is 0 Å². The van der Waals surface area contributed by atoms with E-state index in [-0.39, 0.29) is 25.2 Å². The fraction of sp³-hybridized carbons (Fsp3) is 0.188. The number of para-hydroxylation sites is 1. The van der Waals surface area contributed by atoms with E-state index in [0.29, 0.717) is 12.4 Å². The van der Waals surface area contributed by atoms with Gasteiger partial charge in [0.15, 0.2) is 5.78 Å². The maximum Gasteiger partial charge on any atom is 0.249 e. The molecule has 6 heteroatoms. The van der Waals surface area contributed by atoms with Gasteiger partial charge >= 0.3 is 0 Å². The molecule has 4 rings (SSSR count). The molecule has 0 fully saturated rings. The highest BCUT2D eigenvalue weighted by Gasteiger charge is 2.25. The summed E-state index contributed by atoms with van der Waals surface area (Å²) in [6.45, 7) is 0.297. The second-order valence-electron chi connectivity index (χ2n) is 8.97. The van der Waals surface area contributed by atoms with Crippen molar-refractivity contribution in [1.29, 1.82) is 0 Å². The number of nitrogens with one attached hydrogen (secondary N) is 1. The van der Waals surface area contributed by atoms with Crippen LogP contribution in [-0.2, 0) is 33.8 Å². The van der Waals surface area contributed by atoms with Crippen molar-refractivity contribution in [3.05, 3.63) is 132 Å². The van der Waals surface area contributed by atoms with Gasteiger partial charge in [-0.1, -0.05) is 91.0 Å². The molecule has 2 atom stereocenters. The average molecular weight is 510 g/mol. The molecule has 0 heterocycles. The lowest BCUT2D eigenvalue weighted by Gasteiger charge is -2.20. The third-order valence-electron chi connectivity index (χ3n) is 5.96. The number of carbonyl (C=O) groups is 2. The van der Waals surface area contributed by atoms with Crippen molar-refractivity contribution >= 4 is 11.7 Å². The van der Waals surface area contributed by atoms with Crippen molar-refractivity contribution in [3.8, 4) is 11.5 Å². The maximum absolute atomic E-state index is 13.2. The molecule has 4 aromatic rings. The van der Waals surface area contributed by atoms with Gasteiger partial charge < -0.3 is 19.9 Å². The number of ketones is 1. The lowest BCUT2D eigenvalue weighted by Crippen LogP contribution is -2.49. The number of carbonyl (C=O) groups excluding carboxylic acids is 2. The molecule has 4 aromatic carbocycles.